The number of halogens is 1. The quantitative estimate of drug-likeness (QED) is 0.771. The second-order valence-electron chi connectivity index (χ2n) is 3.30. The number of fused-ring (bicyclic) bond motifs is 1. The molecule has 0 saturated carbocycles. The Morgan fingerprint density at radius 1 is 1.00 bits per heavy atom. The van der Waals surface area contributed by atoms with Crippen molar-refractivity contribution in [3.63, 3.8) is 0 Å². The van der Waals surface area contributed by atoms with Crippen LogP contribution >= 0.6 is 0 Å². The molecule has 0 heterocycles. The molecular weight excluding hydrogens is 179 g/mol. The van der Waals surface area contributed by atoms with Crippen molar-refractivity contribution >= 4 is 10.8 Å². The number of aliphatic hydroxyl groups excluding tert-OH is 1. The van der Waals surface area contributed by atoms with Gasteiger partial charge in [-0.3, -0.25) is 0 Å². The molecule has 0 unspecified atom stereocenters. The zero-order valence-corrected chi connectivity index (χ0v) is 7.70. The second kappa shape index (κ2) is 3.76. The first-order valence-corrected chi connectivity index (χ1v) is 4.58. The van der Waals surface area contributed by atoms with E-state index in [9.17, 15) is 4.39 Å². The molecule has 0 amide bonds. The highest BCUT2D eigenvalue weighted by atomic mass is 19.1. The Kier molecular flexibility index (Phi) is 2.46. The van der Waals surface area contributed by atoms with Gasteiger partial charge in [0.15, 0.2) is 0 Å². The van der Waals surface area contributed by atoms with Crippen LogP contribution in [0, 0.1) is 5.82 Å². The summed E-state index contributed by atoms with van der Waals surface area (Å²) in [6, 6.07) is 10.5. The topological polar surface area (TPSA) is 20.2 Å². The Balaban J connectivity index is 2.50. The molecule has 14 heavy (non-hydrogen) atoms. The van der Waals surface area contributed by atoms with E-state index in [0.29, 0.717) is 6.42 Å². The molecule has 0 saturated heterocycles. The minimum atomic E-state index is -0.215. The molecule has 0 fully saturated rings. The smallest absolute Gasteiger partial charge is 0.123 e. The average Bonchev–Trinajstić information content (AvgIpc) is 2.19. The summed E-state index contributed by atoms with van der Waals surface area (Å²) in [5.41, 5.74) is 1.08. The summed E-state index contributed by atoms with van der Waals surface area (Å²) >= 11 is 0. The average molecular weight is 190 g/mol. The van der Waals surface area contributed by atoms with Crippen LogP contribution in [0.5, 0.6) is 0 Å². The molecule has 2 heteroatoms. The van der Waals surface area contributed by atoms with Crippen molar-refractivity contribution in [3.05, 3.63) is 47.8 Å². The van der Waals surface area contributed by atoms with Gasteiger partial charge in [-0.05, 0) is 34.9 Å². The summed E-state index contributed by atoms with van der Waals surface area (Å²) in [7, 11) is 0. The molecule has 1 N–H and O–H groups in total. The van der Waals surface area contributed by atoms with Crippen LogP contribution in [-0.2, 0) is 6.42 Å². The van der Waals surface area contributed by atoms with E-state index < -0.39 is 0 Å². The van der Waals surface area contributed by atoms with Crippen molar-refractivity contribution in [3.8, 4) is 0 Å². The minimum Gasteiger partial charge on any atom is -0.396 e. The van der Waals surface area contributed by atoms with E-state index >= 15 is 0 Å². The Morgan fingerprint density at radius 2 is 1.71 bits per heavy atom. The van der Waals surface area contributed by atoms with Crippen LogP contribution in [0.15, 0.2) is 36.4 Å². The fourth-order valence-corrected chi connectivity index (χ4v) is 1.55. The third kappa shape index (κ3) is 1.75. The molecule has 2 rings (SSSR count). The van der Waals surface area contributed by atoms with Crippen LogP contribution < -0.4 is 0 Å². The van der Waals surface area contributed by atoms with Gasteiger partial charge in [-0.2, -0.15) is 0 Å². The first-order chi connectivity index (χ1) is 6.79. The lowest BCUT2D eigenvalue weighted by molar-refractivity contribution is 0.299. The standard InChI is InChI=1S/C12H11FO/c13-12-4-3-10-7-9(5-6-14)1-2-11(10)8-12/h1-4,7-8,14H,5-6H2. The highest BCUT2D eigenvalue weighted by Gasteiger charge is 1.97. The van der Waals surface area contributed by atoms with Gasteiger partial charge in [0, 0.05) is 6.61 Å². The third-order valence-corrected chi connectivity index (χ3v) is 2.27. The van der Waals surface area contributed by atoms with E-state index in [0.717, 1.165) is 16.3 Å². The fourth-order valence-electron chi connectivity index (χ4n) is 1.55. The van der Waals surface area contributed by atoms with Gasteiger partial charge in [0.1, 0.15) is 5.82 Å². The molecular formula is C12H11FO. The first kappa shape index (κ1) is 9.16. The minimum absolute atomic E-state index is 0.146. The summed E-state index contributed by atoms with van der Waals surface area (Å²) in [5, 5.41) is 10.7. The van der Waals surface area contributed by atoms with Crippen molar-refractivity contribution in [1.82, 2.24) is 0 Å². The van der Waals surface area contributed by atoms with Crippen molar-refractivity contribution in [2.45, 2.75) is 6.42 Å². The monoisotopic (exact) mass is 190 g/mol. The number of aliphatic hydroxyl groups is 1. The van der Waals surface area contributed by atoms with Gasteiger partial charge < -0.3 is 5.11 Å². The second-order valence-corrected chi connectivity index (χ2v) is 3.30. The first-order valence-electron chi connectivity index (χ1n) is 4.58. The fraction of sp³-hybridized carbons (Fsp3) is 0.167. The van der Waals surface area contributed by atoms with Gasteiger partial charge in [0.25, 0.3) is 0 Å². The van der Waals surface area contributed by atoms with Crippen LogP contribution in [-0.4, -0.2) is 11.7 Å². The molecule has 1 nitrogen and oxygen atoms in total. The summed E-state index contributed by atoms with van der Waals surface area (Å²) in [4.78, 5) is 0. The molecule has 0 aromatic heterocycles. The van der Waals surface area contributed by atoms with E-state index in [-0.39, 0.29) is 12.4 Å². The Hall–Kier alpha value is -1.41. The number of hydrogen-bond acceptors (Lipinski definition) is 1. The van der Waals surface area contributed by atoms with Crippen molar-refractivity contribution in [1.29, 1.82) is 0 Å². The predicted octanol–water partition coefficient (Wildman–Crippen LogP) is 2.51. The molecule has 0 bridgehead atoms. The molecule has 0 aliphatic rings. The zero-order valence-electron chi connectivity index (χ0n) is 7.70. The third-order valence-electron chi connectivity index (χ3n) is 2.27. The van der Waals surface area contributed by atoms with Gasteiger partial charge in [0.2, 0.25) is 0 Å². The van der Waals surface area contributed by atoms with Gasteiger partial charge in [-0.25, -0.2) is 4.39 Å². The molecule has 72 valence electrons. The molecule has 0 aliphatic carbocycles. The normalized spacial score (nSPS) is 10.7. The van der Waals surface area contributed by atoms with Gasteiger partial charge in [-0.15, -0.1) is 0 Å². The predicted molar refractivity (Wildman–Crippen MR) is 54.7 cm³/mol. The van der Waals surface area contributed by atoms with Crippen LogP contribution in [0.3, 0.4) is 0 Å². The van der Waals surface area contributed by atoms with E-state index in [4.69, 9.17) is 5.11 Å². The maximum atomic E-state index is 12.8. The summed E-state index contributed by atoms with van der Waals surface area (Å²) in [6.45, 7) is 0.146. The van der Waals surface area contributed by atoms with E-state index in [1.807, 2.05) is 18.2 Å². The van der Waals surface area contributed by atoms with E-state index in [1.165, 1.54) is 12.1 Å². The van der Waals surface area contributed by atoms with Crippen molar-refractivity contribution in [2.75, 3.05) is 6.61 Å². The van der Waals surface area contributed by atoms with E-state index in [1.54, 1.807) is 6.07 Å². The Morgan fingerprint density at radius 3 is 2.50 bits per heavy atom. The van der Waals surface area contributed by atoms with Gasteiger partial charge in [-0.1, -0.05) is 24.3 Å². The van der Waals surface area contributed by atoms with Crippen molar-refractivity contribution in [2.24, 2.45) is 0 Å². The number of benzene rings is 2. The maximum Gasteiger partial charge on any atom is 0.123 e. The Bertz CT molecular complexity index is 451. The molecule has 0 spiro atoms. The molecule has 0 atom stereocenters. The number of rotatable bonds is 2. The maximum absolute atomic E-state index is 12.8. The van der Waals surface area contributed by atoms with Crippen LogP contribution in [0.1, 0.15) is 5.56 Å². The van der Waals surface area contributed by atoms with Crippen LogP contribution in [0.4, 0.5) is 4.39 Å². The van der Waals surface area contributed by atoms with Gasteiger partial charge in [0.05, 0.1) is 0 Å². The lowest BCUT2D eigenvalue weighted by Gasteiger charge is -2.01. The largest absolute Gasteiger partial charge is 0.396 e. The zero-order chi connectivity index (χ0) is 9.97. The van der Waals surface area contributed by atoms with E-state index in [2.05, 4.69) is 0 Å². The SMILES string of the molecule is OCCc1ccc2cc(F)ccc2c1. The van der Waals surface area contributed by atoms with Crippen LogP contribution in [0.2, 0.25) is 0 Å². The summed E-state index contributed by atoms with van der Waals surface area (Å²) < 4.78 is 12.8. The highest BCUT2D eigenvalue weighted by Crippen LogP contribution is 2.17. The highest BCUT2D eigenvalue weighted by molar-refractivity contribution is 5.83. The molecule has 0 aliphatic heterocycles. The summed E-state index contributed by atoms with van der Waals surface area (Å²) in [6.07, 6.45) is 0.646. The lowest BCUT2D eigenvalue weighted by Crippen LogP contribution is -1.90. The molecule has 0 radical (unpaired) electrons. The van der Waals surface area contributed by atoms with Crippen LogP contribution in [0.25, 0.3) is 10.8 Å². The molecule has 2 aromatic carbocycles. The lowest BCUT2D eigenvalue weighted by atomic mass is 10.1. The Labute approximate surface area is 81.8 Å². The number of hydrogen-bond donors (Lipinski definition) is 1. The summed E-state index contributed by atoms with van der Waals surface area (Å²) in [5.74, 6) is -0.215. The molecule has 2 aromatic rings. The van der Waals surface area contributed by atoms with Gasteiger partial charge >= 0.3 is 0 Å². The van der Waals surface area contributed by atoms with Crippen molar-refractivity contribution < 1.29 is 9.50 Å².